The van der Waals surface area contributed by atoms with E-state index in [9.17, 15) is 13.2 Å². The molecule has 1 aliphatic rings. The van der Waals surface area contributed by atoms with Gasteiger partial charge in [-0.15, -0.1) is 0 Å². The summed E-state index contributed by atoms with van der Waals surface area (Å²) in [5.74, 6) is 0. The van der Waals surface area contributed by atoms with Gasteiger partial charge >= 0.3 is 6.18 Å². The summed E-state index contributed by atoms with van der Waals surface area (Å²) >= 11 is 0. The van der Waals surface area contributed by atoms with Gasteiger partial charge in [0.2, 0.25) is 0 Å². The summed E-state index contributed by atoms with van der Waals surface area (Å²) in [4.78, 5) is 2.17. The zero-order valence-electron chi connectivity index (χ0n) is 12.3. The molecule has 0 saturated carbocycles. The van der Waals surface area contributed by atoms with Crippen molar-refractivity contribution in [3.05, 3.63) is 35.4 Å². The maximum atomic E-state index is 12.8. The molecule has 2 N–H and O–H groups in total. The van der Waals surface area contributed by atoms with E-state index in [4.69, 9.17) is 10.5 Å². The molecule has 21 heavy (non-hydrogen) atoms. The first-order valence-corrected chi connectivity index (χ1v) is 6.98. The van der Waals surface area contributed by atoms with Crippen molar-refractivity contribution in [2.45, 2.75) is 31.6 Å². The maximum absolute atomic E-state index is 12.8. The average Bonchev–Trinajstić information content (AvgIpc) is 2.46. The van der Waals surface area contributed by atoms with Crippen LogP contribution in [-0.2, 0) is 10.9 Å². The minimum Gasteiger partial charge on any atom is -0.379 e. The number of hydrogen-bond donors (Lipinski definition) is 1. The van der Waals surface area contributed by atoms with Crippen LogP contribution in [0.1, 0.15) is 31.0 Å². The Labute approximate surface area is 122 Å². The quantitative estimate of drug-likeness (QED) is 0.933. The van der Waals surface area contributed by atoms with Crippen LogP contribution in [0.4, 0.5) is 13.2 Å². The zero-order chi connectivity index (χ0) is 15.7. The molecule has 0 aliphatic carbocycles. The Morgan fingerprint density at radius 1 is 1.19 bits per heavy atom. The van der Waals surface area contributed by atoms with Gasteiger partial charge in [-0.05, 0) is 31.5 Å². The summed E-state index contributed by atoms with van der Waals surface area (Å²) in [6.45, 7) is 6.64. The second kappa shape index (κ2) is 5.94. The highest BCUT2D eigenvalue weighted by atomic mass is 19.4. The number of nitrogens with zero attached hydrogens (tertiary/aromatic N) is 1. The van der Waals surface area contributed by atoms with Crippen molar-refractivity contribution in [1.82, 2.24) is 4.90 Å². The third kappa shape index (κ3) is 3.56. The van der Waals surface area contributed by atoms with Crippen LogP contribution in [-0.4, -0.2) is 36.7 Å². The van der Waals surface area contributed by atoms with Gasteiger partial charge in [0.05, 0.1) is 18.8 Å². The van der Waals surface area contributed by atoms with Crippen LogP contribution >= 0.6 is 0 Å². The predicted octanol–water partition coefficient (Wildman–Crippen LogP) is 2.82. The number of morpholine rings is 1. The Kier molecular flexibility index (Phi) is 4.60. The summed E-state index contributed by atoms with van der Waals surface area (Å²) in [7, 11) is 0. The Morgan fingerprint density at radius 3 is 2.38 bits per heavy atom. The van der Waals surface area contributed by atoms with Gasteiger partial charge in [0, 0.05) is 24.7 Å². The van der Waals surface area contributed by atoms with Crippen molar-refractivity contribution < 1.29 is 17.9 Å². The van der Waals surface area contributed by atoms with E-state index in [0.29, 0.717) is 18.8 Å². The fourth-order valence-electron chi connectivity index (χ4n) is 2.65. The molecular formula is C15H21F3N2O. The number of hydrogen-bond acceptors (Lipinski definition) is 3. The molecule has 2 rings (SSSR count). The molecule has 0 radical (unpaired) electrons. The lowest BCUT2D eigenvalue weighted by molar-refractivity contribution is -0.137. The normalized spacial score (nSPS) is 19.5. The monoisotopic (exact) mass is 302 g/mol. The fraction of sp³-hybridized carbons (Fsp3) is 0.600. The minimum atomic E-state index is -4.35. The minimum absolute atomic E-state index is 0.437. The van der Waals surface area contributed by atoms with Crippen molar-refractivity contribution >= 4 is 0 Å². The van der Waals surface area contributed by atoms with E-state index in [1.54, 1.807) is 6.07 Å². The highest BCUT2D eigenvalue weighted by Crippen LogP contribution is 2.34. The highest BCUT2D eigenvalue weighted by molar-refractivity contribution is 5.29. The first-order valence-electron chi connectivity index (χ1n) is 6.98. The fourth-order valence-corrected chi connectivity index (χ4v) is 2.65. The van der Waals surface area contributed by atoms with Crippen LogP contribution in [0.25, 0.3) is 0 Å². The Hall–Kier alpha value is -1.11. The molecule has 1 aliphatic heterocycles. The molecule has 118 valence electrons. The van der Waals surface area contributed by atoms with E-state index in [1.807, 2.05) is 13.8 Å². The lowest BCUT2D eigenvalue weighted by atomic mass is 9.86. The number of rotatable bonds is 3. The van der Waals surface area contributed by atoms with E-state index in [1.165, 1.54) is 6.07 Å². The summed E-state index contributed by atoms with van der Waals surface area (Å²) in [6, 6.07) is 4.78. The number of ether oxygens (including phenoxy) is 1. The van der Waals surface area contributed by atoms with E-state index in [0.717, 1.165) is 25.2 Å². The van der Waals surface area contributed by atoms with Gasteiger partial charge < -0.3 is 10.5 Å². The summed E-state index contributed by atoms with van der Waals surface area (Å²) in [5, 5.41) is 0. The van der Waals surface area contributed by atoms with Crippen LogP contribution < -0.4 is 5.73 Å². The molecule has 0 amide bonds. The van der Waals surface area contributed by atoms with Gasteiger partial charge in [-0.25, -0.2) is 0 Å². The van der Waals surface area contributed by atoms with E-state index < -0.39 is 23.3 Å². The van der Waals surface area contributed by atoms with Crippen LogP contribution in [0.3, 0.4) is 0 Å². The van der Waals surface area contributed by atoms with E-state index >= 15 is 0 Å². The molecule has 0 spiro atoms. The predicted molar refractivity (Wildman–Crippen MR) is 74.8 cm³/mol. The van der Waals surface area contributed by atoms with Gasteiger partial charge in [0.15, 0.2) is 0 Å². The molecule has 1 fully saturated rings. The molecule has 0 aromatic heterocycles. The molecule has 1 heterocycles. The van der Waals surface area contributed by atoms with Crippen LogP contribution in [0.15, 0.2) is 24.3 Å². The standard InChI is InChI=1S/C15H21F3N2O/c1-14(2,20-6-8-21-9-7-20)13(19)11-4-3-5-12(10-11)15(16,17)18/h3-5,10,13H,6-9,19H2,1-2H3. The summed E-state index contributed by atoms with van der Waals surface area (Å²) < 4.78 is 43.8. The van der Waals surface area contributed by atoms with Crippen LogP contribution in [0.2, 0.25) is 0 Å². The van der Waals surface area contributed by atoms with Crippen molar-refractivity contribution in [2.75, 3.05) is 26.3 Å². The zero-order valence-corrected chi connectivity index (χ0v) is 12.3. The number of halogens is 3. The molecule has 1 aromatic rings. The Balaban J connectivity index is 2.24. The van der Waals surface area contributed by atoms with Crippen LogP contribution in [0, 0.1) is 0 Å². The third-order valence-corrected chi connectivity index (χ3v) is 4.16. The second-order valence-electron chi connectivity index (χ2n) is 5.85. The maximum Gasteiger partial charge on any atom is 0.416 e. The first kappa shape index (κ1) is 16.3. The smallest absolute Gasteiger partial charge is 0.379 e. The number of nitrogens with two attached hydrogens (primary N) is 1. The van der Waals surface area contributed by atoms with Gasteiger partial charge in [0.1, 0.15) is 0 Å². The summed E-state index contributed by atoms with van der Waals surface area (Å²) in [5.41, 5.74) is 5.67. The number of alkyl halides is 3. The molecule has 1 unspecified atom stereocenters. The van der Waals surface area contributed by atoms with Crippen molar-refractivity contribution in [2.24, 2.45) is 5.73 Å². The van der Waals surface area contributed by atoms with Gasteiger partial charge in [-0.1, -0.05) is 12.1 Å². The molecule has 1 aromatic carbocycles. The van der Waals surface area contributed by atoms with Crippen LogP contribution in [0.5, 0.6) is 0 Å². The highest BCUT2D eigenvalue weighted by Gasteiger charge is 2.36. The molecule has 3 nitrogen and oxygen atoms in total. The van der Waals surface area contributed by atoms with Gasteiger partial charge in [0.25, 0.3) is 0 Å². The van der Waals surface area contributed by atoms with Gasteiger partial charge in [-0.2, -0.15) is 13.2 Å². The van der Waals surface area contributed by atoms with Crippen molar-refractivity contribution in [3.63, 3.8) is 0 Å². The molecule has 1 atom stereocenters. The molecule has 1 saturated heterocycles. The topological polar surface area (TPSA) is 38.5 Å². The van der Waals surface area contributed by atoms with Crippen molar-refractivity contribution in [1.29, 1.82) is 0 Å². The lowest BCUT2D eigenvalue weighted by Gasteiger charge is -2.44. The Morgan fingerprint density at radius 2 is 1.81 bits per heavy atom. The van der Waals surface area contributed by atoms with E-state index in [-0.39, 0.29) is 0 Å². The third-order valence-electron chi connectivity index (χ3n) is 4.16. The first-order chi connectivity index (χ1) is 9.73. The average molecular weight is 302 g/mol. The lowest BCUT2D eigenvalue weighted by Crippen LogP contribution is -2.55. The second-order valence-corrected chi connectivity index (χ2v) is 5.85. The summed E-state index contributed by atoms with van der Waals surface area (Å²) in [6.07, 6.45) is -4.35. The largest absolute Gasteiger partial charge is 0.416 e. The molecule has 0 bridgehead atoms. The van der Waals surface area contributed by atoms with E-state index in [2.05, 4.69) is 4.90 Å². The Bertz CT molecular complexity index is 482. The molecular weight excluding hydrogens is 281 g/mol. The van der Waals surface area contributed by atoms with Gasteiger partial charge in [-0.3, -0.25) is 4.90 Å². The molecule has 6 heteroatoms. The SMILES string of the molecule is CC(C)(C(N)c1cccc(C(F)(F)F)c1)N1CCOCC1. The number of benzene rings is 1. The van der Waals surface area contributed by atoms with Crippen molar-refractivity contribution in [3.8, 4) is 0 Å².